The number of benzene rings is 3. The minimum atomic E-state index is -2.57. The lowest BCUT2D eigenvalue weighted by Gasteiger charge is -2.43. The first kappa shape index (κ1) is 63.8. The van der Waals surface area contributed by atoms with E-state index in [2.05, 4.69) is 52.1 Å². The fraction of sp³-hybridized carbons (Fsp3) is 0.517. The van der Waals surface area contributed by atoms with E-state index >= 15 is 0 Å². The molecule has 21 nitrogen and oxygen atoms in total. The van der Waals surface area contributed by atoms with Crippen LogP contribution < -0.4 is 36.2 Å². The summed E-state index contributed by atoms with van der Waals surface area (Å²) in [6.07, 6.45) is 3.07. The summed E-state index contributed by atoms with van der Waals surface area (Å²) in [5.74, 6) is 0.265. The van der Waals surface area contributed by atoms with Crippen LogP contribution in [-0.2, 0) is 44.5 Å². The van der Waals surface area contributed by atoms with Crippen LogP contribution in [0.25, 0.3) is 10.4 Å². The Morgan fingerprint density at radius 1 is 0.845 bits per heavy atom. The fourth-order valence-corrected chi connectivity index (χ4v) is 12.8. The maximum absolute atomic E-state index is 14.0. The molecule has 1 unspecified atom stereocenters. The Labute approximate surface area is 501 Å². The van der Waals surface area contributed by atoms with Gasteiger partial charge in [-0.1, -0.05) is 68.8 Å². The van der Waals surface area contributed by atoms with Crippen LogP contribution in [0.5, 0.6) is 5.75 Å². The number of halogens is 1. The van der Waals surface area contributed by atoms with Gasteiger partial charge in [0.05, 0.1) is 92.9 Å². The number of aliphatic hydroxyl groups excluding tert-OH is 1. The summed E-state index contributed by atoms with van der Waals surface area (Å²) >= 11 is 8.07. The third-order valence-electron chi connectivity index (χ3n) is 15.3. The van der Waals surface area contributed by atoms with Crippen molar-refractivity contribution in [2.24, 2.45) is 5.41 Å². The normalized spacial score (nSPS) is 17.5. The van der Waals surface area contributed by atoms with Crippen LogP contribution in [0.3, 0.4) is 0 Å². The fourth-order valence-electron chi connectivity index (χ4n) is 10.7. The number of hydrogen-bond acceptors (Lipinski definition) is 18. The summed E-state index contributed by atoms with van der Waals surface area (Å²) in [6.45, 7) is 17.6. The van der Waals surface area contributed by atoms with Crippen molar-refractivity contribution in [3.8, 4) is 16.2 Å². The Morgan fingerprint density at radius 2 is 1.52 bits per heavy atom. The minimum Gasteiger partial charge on any atom is -0.494 e. The van der Waals surface area contributed by atoms with E-state index in [1.165, 1.54) is 11.1 Å². The molecule has 0 bridgehead atoms. The number of ether oxygens (including phenoxy) is 4. The van der Waals surface area contributed by atoms with E-state index in [-0.39, 0.29) is 56.9 Å². The number of nitrogens with one attached hydrogen (secondary N) is 4. The highest BCUT2D eigenvalue weighted by atomic mass is 35.5. The number of para-hydroxylation sites is 1. The predicted octanol–water partition coefficient (Wildman–Crippen LogP) is 7.06. The number of piperazine rings is 1. The van der Waals surface area contributed by atoms with E-state index in [1.807, 2.05) is 98.8 Å². The van der Waals surface area contributed by atoms with Crippen LogP contribution in [0.2, 0.25) is 5.02 Å². The zero-order valence-corrected chi connectivity index (χ0v) is 51.7. The molecule has 3 aliphatic rings. The van der Waals surface area contributed by atoms with Crippen molar-refractivity contribution in [2.45, 2.75) is 90.6 Å². The van der Waals surface area contributed by atoms with Gasteiger partial charge in [-0.05, 0) is 73.9 Å². The first-order chi connectivity index (χ1) is 40.2. The highest BCUT2D eigenvalue weighted by Gasteiger charge is 2.44. The Morgan fingerprint density at radius 3 is 2.18 bits per heavy atom. The molecular formula is C60H81ClN11O10PS. The molecule has 454 valence electrons. The maximum atomic E-state index is 14.0. The van der Waals surface area contributed by atoms with E-state index in [9.17, 15) is 28.8 Å². The second-order valence-corrected chi connectivity index (χ2v) is 27.3. The number of β-amino-alcohol motifs (C(OH)–C–C–N with tert-alkyl or cyclic N) is 1. The summed E-state index contributed by atoms with van der Waals surface area (Å²) in [5, 5.41) is 23.9. The molecule has 5 N–H and O–H groups in total. The molecule has 3 aromatic carbocycles. The molecule has 24 heteroatoms. The van der Waals surface area contributed by atoms with Crippen molar-refractivity contribution in [1.82, 2.24) is 40.3 Å². The summed E-state index contributed by atoms with van der Waals surface area (Å²) in [5.41, 5.74) is 6.46. The van der Waals surface area contributed by atoms with Gasteiger partial charge in [0.1, 0.15) is 30.0 Å². The average Bonchev–Trinajstić information content (AvgIpc) is 3.03. The molecule has 8 rings (SSSR count). The quantitative estimate of drug-likeness (QED) is 0.0275. The number of hydrogen-bond donors (Lipinski definition) is 5. The summed E-state index contributed by atoms with van der Waals surface area (Å²) in [4.78, 5) is 76.3. The molecule has 3 saturated heterocycles. The second-order valence-electron chi connectivity index (χ2n) is 22.8. The number of aryl methyl sites for hydroxylation is 1. The third kappa shape index (κ3) is 17.5. The molecule has 5 heterocycles. The van der Waals surface area contributed by atoms with Crippen molar-refractivity contribution in [2.75, 3.05) is 121 Å². The molecule has 3 aliphatic heterocycles. The Bertz CT molecular complexity index is 3070. The number of carbonyl (C=O) groups excluding carboxylic acids is 4. The van der Waals surface area contributed by atoms with Gasteiger partial charge in [-0.25, -0.2) is 9.97 Å². The molecule has 0 saturated carbocycles. The standard InChI is InChI=1S/C60H81ClN11O10PS/c1-40-54(84-39-64-40)42-14-12-41(13-15-42)36-62-57(76)49-35-45(73)38-72(49)58(77)55(60(2,3)4)67-52(74)20-28-80-30-32-82-33-31-81-29-21-53(75)71-26-24-70(25-27-71)43-18-22-69(23-19-43)44-16-17-47(50(34-44)79-5)66-59-63-37-46(61)56(68-59)65-48-10-8-9-11-51(48)83(6,7)78/h8-17,34,37,39,43,45,49,55,73H,18-33,35-36,38H2,1-7H3,(H,62,76)(H,67,74)(H2,63,65,66,68)/t45-,49+,55?/m1/s1. The Hall–Kier alpha value is -6.23. The zero-order chi connectivity index (χ0) is 60.0. The van der Waals surface area contributed by atoms with Gasteiger partial charge in [0.15, 0.2) is 5.82 Å². The second kappa shape index (κ2) is 29.7. The highest BCUT2D eigenvalue weighted by molar-refractivity contribution is 7.70. The van der Waals surface area contributed by atoms with Gasteiger partial charge in [0.2, 0.25) is 29.6 Å². The van der Waals surface area contributed by atoms with Gasteiger partial charge < -0.3 is 64.6 Å². The summed E-state index contributed by atoms with van der Waals surface area (Å²) in [7, 11) is -0.936. The van der Waals surface area contributed by atoms with Crippen LogP contribution in [0.15, 0.2) is 78.4 Å². The number of nitrogens with zero attached hydrogens (tertiary/aromatic N) is 7. The summed E-state index contributed by atoms with van der Waals surface area (Å²) in [6, 6.07) is 19.9. The number of aromatic nitrogens is 3. The van der Waals surface area contributed by atoms with Crippen molar-refractivity contribution in [3.05, 3.63) is 94.7 Å². The number of methoxy groups -OCH3 is 1. The first-order valence-corrected chi connectivity index (χ1v) is 32.6. The monoisotopic (exact) mass is 1210 g/mol. The number of anilines is 5. The van der Waals surface area contributed by atoms with E-state index in [1.54, 1.807) is 31.8 Å². The lowest BCUT2D eigenvalue weighted by molar-refractivity contribution is -0.144. The van der Waals surface area contributed by atoms with Gasteiger partial charge in [0.25, 0.3) is 0 Å². The number of piperidine rings is 1. The molecule has 4 amide bonds. The SMILES string of the molecule is COc1cc(N2CCC(N3CCN(C(=O)CCOCCOCCOCCC(=O)NC(C(=O)N4C[C@H](O)C[C@H]4C(=O)NCc4ccc(-c5scnc5C)cc4)C(C)(C)C)CC3)CC2)ccc1Nc1ncc(Cl)c(Nc2ccccc2P(C)(C)=O)n1. The Kier molecular flexibility index (Phi) is 22.6. The number of rotatable bonds is 26. The smallest absolute Gasteiger partial charge is 0.246 e. The van der Waals surface area contributed by atoms with Crippen LogP contribution >= 0.6 is 30.1 Å². The average molecular weight is 1210 g/mol. The molecule has 0 radical (unpaired) electrons. The highest BCUT2D eigenvalue weighted by Crippen LogP contribution is 2.39. The molecule has 0 spiro atoms. The lowest BCUT2D eigenvalue weighted by Crippen LogP contribution is -2.57. The van der Waals surface area contributed by atoms with E-state index in [0.29, 0.717) is 91.2 Å². The molecule has 84 heavy (non-hydrogen) atoms. The van der Waals surface area contributed by atoms with Gasteiger partial charge >= 0.3 is 0 Å². The first-order valence-electron chi connectivity index (χ1n) is 28.7. The number of thiazole rings is 1. The van der Waals surface area contributed by atoms with E-state index in [0.717, 1.165) is 66.4 Å². The largest absolute Gasteiger partial charge is 0.494 e. The predicted molar refractivity (Wildman–Crippen MR) is 329 cm³/mol. The van der Waals surface area contributed by atoms with E-state index in [4.69, 9.17) is 30.5 Å². The van der Waals surface area contributed by atoms with Gasteiger partial charge in [-0.3, -0.25) is 24.1 Å². The maximum Gasteiger partial charge on any atom is 0.246 e. The molecule has 0 aliphatic carbocycles. The number of aliphatic hydroxyl groups is 1. The van der Waals surface area contributed by atoms with Gasteiger partial charge in [-0.15, -0.1) is 11.3 Å². The van der Waals surface area contributed by atoms with Gasteiger partial charge in [-0.2, -0.15) is 4.98 Å². The van der Waals surface area contributed by atoms with Crippen molar-refractivity contribution >= 4 is 87.8 Å². The lowest BCUT2D eigenvalue weighted by atomic mass is 9.85. The molecule has 5 aromatic rings. The van der Waals surface area contributed by atoms with Crippen LogP contribution in [0, 0.1) is 12.3 Å². The van der Waals surface area contributed by atoms with Crippen molar-refractivity contribution in [1.29, 1.82) is 0 Å². The van der Waals surface area contributed by atoms with Crippen LogP contribution in [-0.4, -0.2) is 189 Å². The number of amides is 4. The molecular weight excluding hydrogens is 1130 g/mol. The van der Waals surface area contributed by atoms with Crippen LogP contribution in [0.1, 0.15) is 64.1 Å². The number of likely N-dealkylation sites (tertiary alicyclic amines) is 1. The molecule has 2 aromatic heterocycles. The van der Waals surface area contributed by atoms with Crippen molar-refractivity contribution < 1.29 is 47.8 Å². The zero-order valence-electron chi connectivity index (χ0n) is 49.2. The van der Waals surface area contributed by atoms with Crippen LogP contribution in [0.4, 0.5) is 28.8 Å². The summed E-state index contributed by atoms with van der Waals surface area (Å²) < 4.78 is 35.8. The minimum absolute atomic E-state index is 0.0125. The van der Waals surface area contributed by atoms with Gasteiger partial charge in [0, 0.05) is 88.3 Å². The molecule has 3 fully saturated rings. The van der Waals surface area contributed by atoms with Crippen molar-refractivity contribution in [3.63, 3.8) is 0 Å². The topological polar surface area (TPSA) is 242 Å². The molecule has 3 atom stereocenters. The Balaban J connectivity index is 0.662. The third-order valence-corrected chi connectivity index (χ3v) is 18.1. The van der Waals surface area contributed by atoms with E-state index < -0.39 is 36.7 Å². The number of carbonyl (C=O) groups is 4.